The minimum atomic E-state index is -0.631. The Bertz CT molecular complexity index is 793. The van der Waals surface area contributed by atoms with Crippen molar-refractivity contribution in [2.45, 2.75) is 26.4 Å². The predicted molar refractivity (Wildman–Crippen MR) is 97.9 cm³/mol. The minimum Gasteiger partial charge on any atom is -0.356 e. The molecule has 2 heterocycles. The molecule has 1 spiro atoms. The molecule has 4 rings (SSSR count). The van der Waals surface area contributed by atoms with Gasteiger partial charge >= 0.3 is 0 Å². The Balaban J connectivity index is 1.26. The molecule has 1 saturated carbocycles. The van der Waals surface area contributed by atoms with E-state index >= 15 is 0 Å². The van der Waals surface area contributed by atoms with Gasteiger partial charge in [0.25, 0.3) is 0 Å². The van der Waals surface area contributed by atoms with Gasteiger partial charge in [-0.25, -0.2) is 4.39 Å². The summed E-state index contributed by atoms with van der Waals surface area (Å²) in [6.07, 6.45) is 2.07. The number of nitrogens with one attached hydrogen (secondary N) is 1. The summed E-state index contributed by atoms with van der Waals surface area (Å²) < 4.78 is 17.5. The fraction of sp³-hybridized carbons (Fsp3) is 0.474. The maximum Gasteiger partial charge on any atom is 0.227 e. The van der Waals surface area contributed by atoms with Crippen molar-refractivity contribution < 1.29 is 13.7 Å². The molecule has 2 aromatic rings. The molecular weight excluding hydrogens is 357 g/mol. The predicted octanol–water partition coefficient (Wildman–Crippen LogP) is 4.29. The van der Waals surface area contributed by atoms with E-state index in [1.807, 2.05) is 19.1 Å². The number of hydrogen-bond acceptors (Lipinski definition) is 4. The Kier molecular flexibility index (Phi) is 4.39. The van der Waals surface area contributed by atoms with Crippen LogP contribution in [0.1, 0.15) is 25.5 Å². The molecule has 1 atom stereocenters. The van der Waals surface area contributed by atoms with Gasteiger partial charge in [-0.2, -0.15) is 0 Å². The lowest BCUT2D eigenvalue weighted by Crippen LogP contribution is -2.63. The summed E-state index contributed by atoms with van der Waals surface area (Å²) in [5, 5.41) is 7.52. The van der Waals surface area contributed by atoms with Crippen LogP contribution in [0.5, 0.6) is 0 Å². The second kappa shape index (κ2) is 6.58. The number of nitrogens with zero attached hydrogens (tertiary/aromatic N) is 2. The zero-order chi connectivity index (χ0) is 18.3. The largest absolute Gasteiger partial charge is 0.356 e. The van der Waals surface area contributed by atoms with Crippen LogP contribution < -0.4 is 10.2 Å². The van der Waals surface area contributed by atoms with E-state index in [2.05, 4.69) is 15.4 Å². The highest BCUT2D eigenvalue weighted by molar-refractivity contribution is 6.30. The second-order valence-corrected chi connectivity index (χ2v) is 8.03. The van der Waals surface area contributed by atoms with Gasteiger partial charge in [0.05, 0.1) is 0 Å². The Morgan fingerprint density at radius 2 is 2.12 bits per heavy atom. The van der Waals surface area contributed by atoms with Crippen molar-refractivity contribution in [3.63, 3.8) is 0 Å². The Morgan fingerprint density at radius 3 is 2.73 bits per heavy atom. The third-order valence-corrected chi connectivity index (χ3v) is 5.93. The van der Waals surface area contributed by atoms with Crippen LogP contribution in [0.3, 0.4) is 0 Å². The molecule has 0 unspecified atom stereocenters. The summed E-state index contributed by atoms with van der Waals surface area (Å²) in [7, 11) is 0. The van der Waals surface area contributed by atoms with E-state index in [1.165, 1.54) is 0 Å². The van der Waals surface area contributed by atoms with Crippen LogP contribution >= 0.6 is 11.6 Å². The highest BCUT2D eigenvalue weighted by Crippen LogP contribution is 2.55. The van der Waals surface area contributed by atoms with Gasteiger partial charge in [-0.1, -0.05) is 23.7 Å². The SMILES string of the molecule is C[C@@H](C(=O)Nc1ccc(Cl)cc1)C1CC2(C1)CN(c1cc(CF)on1)C2. The number of halogens is 2. The van der Waals surface area contributed by atoms with Crippen molar-refractivity contribution in [2.75, 3.05) is 23.3 Å². The number of amides is 1. The third kappa shape index (κ3) is 3.18. The van der Waals surface area contributed by atoms with Crippen molar-refractivity contribution >= 4 is 29.0 Å². The van der Waals surface area contributed by atoms with Crippen LogP contribution in [0.25, 0.3) is 0 Å². The van der Waals surface area contributed by atoms with E-state index in [-0.39, 0.29) is 23.0 Å². The normalized spacial score (nSPS) is 19.7. The number of anilines is 2. The Labute approximate surface area is 156 Å². The van der Waals surface area contributed by atoms with Crippen LogP contribution in [-0.2, 0) is 11.5 Å². The molecule has 0 radical (unpaired) electrons. The summed E-state index contributed by atoms with van der Waals surface area (Å²) in [6, 6.07) is 8.80. The average Bonchev–Trinajstić information content (AvgIpc) is 3.03. The molecule has 0 bridgehead atoms. The van der Waals surface area contributed by atoms with Crippen LogP contribution in [0.2, 0.25) is 5.02 Å². The molecule has 1 amide bonds. The van der Waals surface area contributed by atoms with Gasteiger partial charge in [0.2, 0.25) is 5.91 Å². The standard InChI is InChI=1S/C19H21ClFN3O2/c1-12(18(25)22-15-4-2-14(20)3-5-15)13-7-19(8-13)10-24(11-19)17-6-16(9-21)26-23-17/h2-6,12-13H,7-11H2,1H3,(H,22,25)/t12-/m1/s1. The molecule has 1 saturated heterocycles. The molecule has 26 heavy (non-hydrogen) atoms. The van der Waals surface area contributed by atoms with Gasteiger partial charge in [0.15, 0.2) is 18.3 Å². The van der Waals surface area contributed by atoms with Crippen LogP contribution in [-0.4, -0.2) is 24.2 Å². The minimum absolute atomic E-state index is 0.0319. The molecule has 7 heteroatoms. The van der Waals surface area contributed by atoms with Crippen molar-refractivity contribution in [1.82, 2.24) is 5.16 Å². The lowest BCUT2D eigenvalue weighted by atomic mass is 9.55. The number of rotatable bonds is 5. The van der Waals surface area contributed by atoms with Gasteiger partial charge in [-0.3, -0.25) is 4.79 Å². The van der Waals surface area contributed by atoms with Crippen LogP contribution in [0.15, 0.2) is 34.9 Å². The first kappa shape index (κ1) is 17.3. The number of carbonyl (C=O) groups excluding carboxylic acids is 1. The van der Waals surface area contributed by atoms with E-state index in [0.29, 0.717) is 16.8 Å². The number of alkyl halides is 1. The average molecular weight is 378 g/mol. The first-order valence-electron chi connectivity index (χ1n) is 8.81. The molecule has 1 N–H and O–H groups in total. The fourth-order valence-corrected chi connectivity index (χ4v) is 4.23. The highest BCUT2D eigenvalue weighted by Gasteiger charge is 2.54. The Morgan fingerprint density at radius 1 is 1.42 bits per heavy atom. The topological polar surface area (TPSA) is 58.4 Å². The molecule has 5 nitrogen and oxygen atoms in total. The zero-order valence-electron chi connectivity index (χ0n) is 14.5. The van der Waals surface area contributed by atoms with E-state index < -0.39 is 6.67 Å². The molecule has 2 aliphatic rings. The quantitative estimate of drug-likeness (QED) is 0.844. The third-order valence-electron chi connectivity index (χ3n) is 5.68. The summed E-state index contributed by atoms with van der Waals surface area (Å²) in [5.74, 6) is 1.38. The van der Waals surface area contributed by atoms with E-state index in [9.17, 15) is 9.18 Å². The summed E-state index contributed by atoms with van der Waals surface area (Å²) in [6.45, 7) is 3.15. The summed E-state index contributed by atoms with van der Waals surface area (Å²) >= 11 is 5.87. The molecule has 138 valence electrons. The van der Waals surface area contributed by atoms with Crippen LogP contribution in [0, 0.1) is 17.3 Å². The van der Waals surface area contributed by atoms with Gasteiger partial charge in [0.1, 0.15) is 0 Å². The smallest absolute Gasteiger partial charge is 0.227 e. The van der Waals surface area contributed by atoms with Crippen molar-refractivity contribution in [3.8, 4) is 0 Å². The zero-order valence-corrected chi connectivity index (χ0v) is 15.3. The maximum absolute atomic E-state index is 12.5. The van der Waals surface area contributed by atoms with E-state index in [4.69, 9.17) is 16.1 Å². The molecule has 2 fully saturated rings. The van der Waals surface area contributed by atoms with Crippen molar-refractivity contribution in [2.24, 2.45) is 17.3 Å². The number of benzene rings is 1. The monoisotopic (exact) mass is 377 g/mol. The molecule has 1 aromatic heterocycles. The molecule has 1 aromatic carbocycles. The van der Waals surface area contributed by atoms with Crippen molar-refractivity contribution in [1.29, 1.82) is 0 Å². The van der Waals surface area contributed by atoms with E-state index in [0.717, 1.165) is 31.6 Å². The molecule has 1 aliphatic carbocycles. The van der Waals surface area contributed by atoms with Gasteiger partial charge in [0, 0.05) is 41.2 Å². The molecular formula is C19H21ClFN3O2. The van der Waals surface area contributed by atoms with Gasteiger partial charge in [-0.15, -0.1) is 0 Å². The Hall–Kier alpha value is -2.08. The highest BCUT2D eigenvalue weighted by atomic mass is 35.5. The van der Waals surface area contributed by atoms with Crippen LogP contribution in [0.4, 0.5) is 15.9 Å². The number of carbonyl (C=O) groups is 1. The summed E-state index contributed by atoms with van der Waals surface area (Å²) in [4.78, 5) is 14.6. The first-order chi connectivity index (χ1) is 12.5. The number of aromatic nitrogens is 1. The van der Waals surface area contributed by atoms with E-state index in [1.54, 1.807) is 18.2 Å². The first-order valence-corrected chi connectivity index (χ1v) is 9.19. The van der Waals surface area contributed by atoms with Gasteiger partial charge < -0.3 is 14.7 Å². The second-order valence-electron chi connectivity index (χ2n) is 7.59. The fourth-order valence-electron chi connectivity index (χ4n) is 4.11. The lowest BCUT2D eigenvalue weighted by molar-refractivity contribution is -0.124. The lowest BCUT2D eigenvalue weighted by Gasteiger charge is -2.60. The maximum atomic E-state index is 12.5. The van der Waals surface area contributed by atoms with Crippen molar-refractivity contribution in [3.05, 3.63) is 41.1 Å². The number of hydrogen-bond donors (Lipinski definition) is 1. The molecule has 1 aliphatic heterocycles. The summed E-state index contributed by atoms with van der Waals surface area (Å²) in [5.41, 5.74) is 1.04. The van der Waals surface area contributed by atoms with Gasteiger partial charge in [-0.05, 0) is 43.0 Å².